The molecule has 0 aliphatic rings. The first-order chi connectivity index (χ1) is 6.13. The number of hydrogen-bond acceptors (Lipinski definition) is 1. The van der Waals surface area contributed by atoms with Crippen LogP contribution in [0.15, 0.2) is 18.2 Å². The van der Waals surface area contributed by atoms with Crippen molar-refractivity contribution in [3.8, 4) is 6.07 Å². The molecule has 0 fully saturated rings. The van der Waals surface area contributed by atoms with E-state index in [9.17, 15) is 0 Å². The van der Waals surface area contributed by atoms with Gasteiger partial charge in [-0.1, -0.05) is 23.2 Å². The summed E-state index contributed by atoms with van der Waals surface area (Å²) in [5.74, 6) is -0.0315. The standard InChI is InChI=1S/C10H9Cl2N/c1-7(6-13)4-8-5-9(11)2-3-10(8)12/h2-3,5,7H,4H2,1H3. The van der Waals surface area contributed by atoms with Gasteiger partial charge in [0.25, 0.3) is 0 Å². The molecule has 3 heteroatoms. The Bertz CT molecular complexity index is 341. The Kier molecular flexibility index (Phi) is 3.59. The first-order valence-electron chi connectivity index (χ1n) is 3.97. The van der Waals surface area contributed by atoms with Gasteiger partial charge >= 0.3 is 0 Å². The van der Waals surface area contributed by atoms with Crippen molar-refractivity contribution in [2.24, 2.45) is 5.92 Å². The highest BCUT2D eigenvalue weighted by Crippen LogP contribution is 2.22. The lowest BCUT2D eigenvalue weighted by atomic mass is 10.0. The summed E-state index contributed by atoms with van der Waals surface area (Å²) in [5.41, 5.74) is 0.934. The molecule has 0 heterocycles. The Labute approximate surface area is 87.9 Å². The minimum absolute atomic E-state index is 0.0315. The molecule has 1 aromatic carbocycles. The molecule has 0 N–H and O–H groups in total. The van der Waals surface area contributed by atoms with Crippen LogP contribution in [0.4, 0.5) is 0 Å². The quantitative estimate of drug-likeness (QED) is 0.736. The van der Waals surface area contributed by atoms with Crippen molar-refractivity contribution in [3.05, 3.63) is 33.8 Å². The molecule has 13 heavy (non-hydrogen) atoms. The first kappa shape index (κ1) is 10.4. The van der Waals surface area contributed by atoms with Gasteiger partial charge in [-0.3, -0.25) is 0 Å². The molecular formula is C10H9Cl2N. The number of halogens is 2. The highest BCUT2D eigenvalue weighted by Gasteiger charge is 2.06. The Hall–Kier alpha value is -0.710. The number of benzene rings is 1. The number of nitrogens with zero attached hydrogens (tertiary/aromatic N) is 1. The van der Waals surface area contributed by atoms with E-state index in [1.807, 2.05) is 6.92 Å². The van der Waals surface area contributed by atoms with Gasteiger partial charge in [0.15, 0.2) is 0 Å². The van der Waals surface area contributed by atoms with Gasteiger partial charge in [0, 0.05) is 16.0 Å². The third kappa shape index (κ3) is 2.91. The smallest absolute Gasteiger partial charge is 0.0656 e. The SMILES string of the molecule is CC(C#N)Cc1cc(Cl)ccc1Cl. The Morgan fingerprint density at radius 2 is 2.15 bits per heavy atom. The maximum atomic E-state index is 8.63. The fourth-order valence-electron chi connectivity index (χ4n) is 1.08. The van der Waals surface area contributed by atoms with Gasteiger partial charge < -0.3 is 0 Å². The summed E-state index contributed by atoms with van der Waals surface area (Å²) in [6, 6.07) is 7.46. The van der Waals surface area contributed by atoms with Gasteiger partial charge in [0.05, 0.1) is 6.07 Å². The molecule has 0 spiro atoms. The van der Waals surface area contributed by atoms with E-state index in [0.29, 0.717) is 16.5 Å². The summed E-state index contributed by atoms with van der Waals surface area (Å²) in [5, 5.41) is 9.96. The van der Waals surface area contributed by atoms with Crippen molar-refractivity contribution in [3.63, 3.8) is 0 Å². The molecule has 1 unspecified atom stereocenters. The van der Waals surface area contributed by atoms with Crippen LogP contribution in [-0.2, 0) is 6.42 Å². The summed E-state index contributed by atoms with van der Waals surface area (Å²) in [6.45, 7) is 1.86. The highest BCUT2D eigenvalue weighted by atomic mass is 35.5. The van der Waals surface area contributed by atoms with E-state index in [0.717, 1.165) is 5.56 Å². The van der Waals surface area contributed by atoms with Crippen LogP contribution in [0.25, 0.3) is 0 Å². The topological polar surface area (TPSA) is 23.8 Å². The van der Waals surface area contributed by atoms with Gasteiger partial charge in [-0.25, -0.2) is 0 Å². The molecule has 0 saturated heterocycles. The maximum Gasteiger partial charge on any atom is 0.0656 e. The second kappa shape index (κ2) is 4.50. The summed E-state index contributed by atoms with van der Waals surface area (Å²) >= 11 is 11.7. The van der Waals surface area contributed by atoms with Crippen LogP contribution in [0, 0.1) is 17.2 Å². The minimum Gasteiger partial charge on any atom is -0.198 e. The predicted molar refractivity (Wildman–Crippen MR) is 54.9 cm³/mol. The molecule has 1 aromatic rings. The zero-order valence-corrected chi connectivity index (χ0v) is 8.73. The second-order valence-corrected chi connectivity index (χ2v) is 3.81. The fourth-order valence-corrected chi connectivity index (χ4v) is 1.46. The van der Waals surface area contributed by atoms with E-state index in [2.05, 4.69) is 6.07 Å². The normalized spacial score (nSPS) is 12.2. The molecule has 0 saturated carbocycles. The zero-order chi connectivity index (χ0) is 9.84. The van der Waals surface area contributed by atoms with E-state index in [1.54, 1.807) is 18.2 Å². The molecule has 0 amide bonds. The monoisotopic (exact) mass is 213 g/mol. The van der Waals surface area contributed by atoms with Gasteiger partial charge in [0.1, 0.15) is 0 Å². The van der Waals surface area contributed by atoms with E-state index < -0.39 is 0 Å². The third-order valence-electron chi connectivity index (χ3n) is 1.75. The molecule has 68 valence electrons. The van der Waals surface area contributed by atoms with E-state index in [1.165, 1.54) is 0 Å². The van der Waals surface area contributed by atoms with Crippen LogP contribution in [-0.4, -0.2) is 0 Å². The van der Waals surface area contributed by atoms with E-state index in [-0.39, 0.29) is 5.92 Å². The molecule has 1 atom stereocenters. The Morgan fingerprint density at radius 3 is 2.77 bits per heavy atom. The lowest BCUT2D eigenvalue weighted by molar-refractivity contribution is 0.739. The molecule has 0 aliphatic heterocycles. The van der Waals surface area contributed by atoms with Crippen molar-refractivity contribution in [1.82, 2.24) is 0 Å². The van der Waals surface area contributed by atoms with Crippen molar-refractivity contribution in [1.29, 1.82) is 5.26 Å². The fraction of sp³-hybridized carbons (Fsp3) is 0.300. The molecule has 0 aromatic heterocycles. The van der Waals surface area contributed by atoms with Crippen LogP contribution >= 0.6 is 23.2 Å². The van der Waals surface area contributed by atoms with E-state index in [4.69, 9.17) is 28.5 Å². The average molecular weight is 214 g/mol. The summed E-state index contributed by atoms with van der Waals surface area (Å²) < 4.78 is 0. The van der Waals surface area contributed by atoms with Gasteiger partial charge in [-0.05, 0) is 37.1 Å². The van der Waals surface area contributed by atoms with Crippen molar-refractivity contribution in [2.45, 2.75) is 13.3 Å². The first-order valence-corrected chi connectivity index (χ1v) is 4.72. The van der Waals surface area contributed by atoms with Crippen LogP contribution in [0.2, 0.25) is 10.0 Å². The van der Waals surface area contributed by atoms with E-state index >= 15 is 0 Å². The zero-order valence-electron chi connectivity index (χ0n) is 7.22. The minimum atomic E-state index is -0.0315. The van der Waals surface area contributed by atoms with Gasteiger partial charge in [-0.15, -0.1) is 0 Å². The molecular weight excluding hydrogens is 205 g/mol. The number of rotatable bonds is 2. The lowest BCUT2D eigenvalue weighted by Crippen LogP contribution is -1.96. The highest BCUT2D eigenvalue weighted by molar-refractivity contribution is 6.33. The number of hydrogen-bond donors (Lipinski definition) is 0. The van der Waals surface area contributed by atoms with Crippen LogP contribution in [0.1, 0.15) is 12.5 Å². The molecule has 0 radical (unpaired) electrons. The van der Waals surface area contributed by atoms with Crippen LogP contribution < -0.4 is 0 Å². The summed E-state index contributed by atoms with van der Waals surface area (Å²) in [4.78, 5) is 0. The average Bonchev–Trinajstić information content (AvgIpc) is 2.11. The van der Waals surface area contributed by atoms with Crippen LogP contribution in [0.5, 0.6) is 0 Å². The van der Waals surface area contributed by atoms with Crippen molar-refractivity contribution >= 4 is 23.2 Å². The summed E-state index contributed by atoms with van der Waals surface area (Å²) in [6.07, 6.45) is 0.649. The Morgan fingerprint density at radius 1 is 1.46 bits per heavy atom. The third-order valence-corrected chi connectivity index (χ3v) is 2.36. The van der Waals surface area contributed by atoms with Gasteiger partial charge in [-0.2, -0.15) is 5.26 Å². The largest absolute Gasteiger partial charge is 0.198 e. The summed E-state index contributed by atoms with van der Waals surface area (Å²) in [7, 11) is 0. The predicted octanol–water partition coefficient (Wildman–Crippen LogP) is 3.70. The maximum absolute atomic E-state index is 8.63. The lowest BCUT2D eigenvalue weighted by Gasteiger charge is -2.05. The Balaban J connectivity index is 2.88. The molecule has 1 rings (SSSR count). The van der Waals surface area contributed by atoms with Crippen LogP contribution in [0.3, 0.4) is 0 Å². The molecule has 1 nitrogen and oxygen atoms in total. The van der Waals surface area contributed by atoms with Gasteiger partial charge in [0.2, 0.25) is 0 Å². The van der Waals surface area contributed by atoms with Crippen molar-refractivity contribution in [2.75, 3.05) is 0 Å². The molecule has 0 bridgehead atoms. The molecule has 0 aliphatic carbocycles. The van der Waals surface area contributed by atoms with Crippen molar-refractivity contribution < 1.29 is 0 Å². The number of nitriles is 1. The second-order valence-electron chi connectivity index (χ2n) is 2.97.